The van der Waals surface area contributed by atoms with Crippen LogP contribution >= 0.6 is 0 Å². The molecule has 1 aromatic carbocycles. The highest BCUT2D eigenvalue weighted by molar-refractivity contribution is 5.41. The van der Waals surface area contributed by atoms with E-state index in [4.69, 9.17) is 4.74 Å². The van der Waals surface area contributed by atoms with E-state index in [1.165, 1.54) is 18.2 Å². The Kier molecular flexibility index (Phi) is 3.69. The second-order valence-electron chi connectivity index (χ2n) is 6.92. The van der Waals surface area contributed by atoms with Gasteiger partial charge in [-0.25, -0.2) is 4.39 Å². The minimum Gasteiger partial charge on any atom is -0.377 e. The number of ether oxygens (including phenoxy) is 1. The molecule has 1 aromatic rings. The Labute approximate surface area is 129 Å². The number of hydrogen-bond donors (Lipinski definition) is 0. The Balaban J connectivity index is 1.84. The second-order valence-corrected chi connectivity index (χ2v) is 6.92. The third kappa shape index (κ3) is 2.21. The van der Waals surface area contributed by atoms with Crippen molar-refractivity contribution < 1.29 is 14.1 Å². The third-order valence-corrected chi connectivity index (χ3v) is 5.21. The highest BCUT2D eigenvalue weighted by atomic mass is 19.1. The molecule has 6 heteroatoms. The number of nitro groups is 1. The number of nitro benzene ring substituents is 1. The van der Waals surface area contributed by atoms with E-state index in [0.717, 1.165) is 13.0 Å². The van der Waals surface area contributed by atoms with Crippen molar-refractivity contribution in [3.63, 3.8) is 0 Å². The Bertz CT molecular complexity index is 605. The topological polar surface area (TPSA) is 55.6 Å². The summed E-state index contributed by atoms with van der Waals surface area (Å²) in [4.78, 5) is 12.6. The Morgan fingerprint density at radius 1 is 1.50 bits per heavy atom. The van der Waals surface area contributed by atoms with Crippen LogP contribution in [0.25, 0.3) is 0 Å². The molecule has 3 atom stereocenters. The molecule has 120 valence electrons. The second kappa shape index (κ2) is 5.28. The zero-order valence-corrected chi connectivity index (χ0v) is 13.1. The minimum absolute atomic E-state index is 0.0179. The normalized spacial score (nSPS) is 29.2. The van der Waals surface area contributed by atoms with Gasteiger partial charge in [0.1, 0.15) is 5.82 Å². The Morgan fingerprint density at radius 2 is 2.23 bits per heavy atom. The standard InChI is InChI=1S/C16H21FN2O3/c1-16(2)14(10-7-8-22-15(10)16)18(3)9-11-12(17)5-4-6-13(11)19(20)21/h4-6,10,14-15H,7-9H2,1-3H3. The zero-order chi connectivity index (χ0) is 16.1. The van der Waals surface area contributed by atoms with E-state index in [9.17, 15) is 14.5 Å². The summed E-state index contributed by atoms with van der Waals surface area (Å²) in [5.41, 5.74) is -0.00738. The summed E-state index contributed by atoms with van der Waals surface area (Å²) in [6.45, 7) is 5.30. The number of rotatable bonds is 4. The molecule has 1 aliphatic heterocycles. The lowest BCUT2D eigenvalue weighted by molar-refractivity contribution is -0.386. The fraction of sp³-hybridized carbons (Fsp3) is 0.625. The van der Waals surface area contributed by atoms with Crippen molar-refractivity contribution in [2.45, 2.75) is 39.0 Å². The van der Waals surface area contributed by atoms with E-state index in [2.05, 4.69) is 13.8 Å². The van der Waals surface area contributed by atoms with Crippen molar-refractivity contribution in [1.82, 2.24) is 4.90 Å². The van der Waals surface area contributed by atoms with Crippen LogP contribution in [0.2, 0.25) is 0 Å². The minimum atomic E-state index is -0.516. The molecule has 0 amide bonds. The largest absolute Gasteiger partial charge is 0.377 e. The first kappa shape index (κ1) is 15.4. The maximum absolute atomic E-state index is 14.1. The Morgan fingerprint density at radius 3 is 2.91 bits per heavy atom. The molecule has 0 N–H and O–H groups in total. The van der Waals surface area contributed by atoms with E-state index in [1.807, 2.05) is 11.9 Å². The van der Waals surface area contributed by atoms with E-state index in [-0.39, 0.29) is 35.4 Å². The number of hydrogen-bond acceptors (Lipinski definition) is 4. The molecule has 1 heterocycles. The molecule has 1 saturated heterocycles. The van der Waals surface area contributed by atoms with E-state index < -0.39 is 10.7 Å². The fourth-order valence-corrected chi connectivity index (χ4v) is 4.42. The molecule has 3 unspecified atom stereocenters. The predicted molar refractivity (Wildman–Crippen MR) is 79.9 cm³/mol. The molecule has 5 nitrogen and oxygen atoms in total. The lowest BCUT2D eigenvalue weighted by Crippen LogP contribution is -2.65. The van der Waals surface area contributed by atoms with Crippen LogP contribution < -0.4 is 0 Å². The first-order valence-electron chi connectivity index (χ1n) is 7.57. The van der Waals surface area contributed by atoms with Gasteiger partial charge < -0.3 is 4.74 Å². The van der Waals surface area contributed by atoms with Crippen LogP contribution in [-0.4, -0.2) is 35.6 Å². The predicted octanol–water partition coefficient (Wildman–Crippen LogP) is 2.98. The van der Waals surface area contributed by atoms with Crippen LogP contribution in [0.3, 0.4) is 0 Å². The SMILES string of the molecule is CN(Cc1c(F)cccc1[N+](=O)[O-])C1C2CCOC2C1(C)C. The van der Waals surface area contributed by atoms with Crippen molar-refractivity contribution in [2.75, 3.05) is 13.7 Å². The van der Waals surface area contributed by atoms with Gasteiger partial charge in [-0.2, -0.15) is 0 Å². The van der Waals surface area contributed by atoms with Gasteiger partial charge in [-0.3, -0.25) is 15.0 Å². The molecular weight excluding hydrogens is 287 g/mol. The number of fused-ring (bicyclic) bond motifs is 1. The van der Waals surface area contributed by atoms with Crippen molar-refractivity contribution >= 4 is 5.69 Å². The summed E-state index contributed by atoms with van der Waals surface area (Å²) >= 11 is 0. The molecule has 0 bridgehead atoms. The maximum atomic E-state index is 14.1. The first-order chi connectivity index (χ1) is 10.3. The van der Waals surface area contributed by atoms with Gasteiger partial charge in [0.05, 0.1) is 16.6 Å². The molecular formula is C16H21FN2O3. The zero-order valence-electron chi connectivity index (χ0n) is 13.1. The summed E-state index contributed by atoms with van der Waals surface area (Å²) in [6, 6.07) is 4.27. The molecule has 2 fully saturated rings. The van der Waals surface area contributed by atoms with Crippen LogP contribution in [0.1, 0.15) is 25.8 Å². The summed E-state index contributed by atoms with van der Waals surface area (Å²) in [6.07, 6.45) is 1.25. The van der Waals surface area contributed by atoms with Gasteiger partial charge in [0.15, 0.2) is 0 Å². The highest BCUT2D eigenvalue weighted by Crippen LogP contribution is 2.54. The lowest BCUT2D eigenvalue weighted by Gasteiger charge is -2.58. The van der Waals surface area contributed by atoms with Crippen molar-refractivity contribution in [2.24, 2.45) is 11.3 Å². The highest BCUT2D eigenvalue weighted by Gasteiger charge is 2.60. The van der Waals surface area contributed by atoms with Gasteiger partial charge in [0.2, 0.25) is 0 Å². The fourth-order valence-electron chi connectivity index (χ4n) is 4.42. The third-order valence-electron chi connectivity index (χ3n) is 5.21. The van der Waals surface area contributed by atoms with E-state index >= 15 is 0 Å². The lowest BCUT2D eigenvalue weighted by atomic mass is 9.57. The van der Waals surface area contributed by atoms with E-state index in [1.54, 1.807) is 0 Å². The number of benzene rings is 1. The average molecular weight is 308 g/mol. The van der Waals surface area contributed by atoms with E-state index in [0.29, 0.717) is 5.92 Å². The molecule has 2 aliphatic rings. The van der Waals surface area contributed by atoms with Gasteiger partial charge in [-0.15, -0.1) is 0 Å². The summed E-state index contributed by atoms with van der Waals surface area (Å²) in [7, 11) is 1.91. The monoisotopic (exact) mass is 308 g/mol. The Hall–Kier alpha value is -1.53. The summed E-state index contributed by atoms with van der Waals surface area (Å²) in [5.74, 6) is -0.0803. The molecule has 0 radical (unpaired) electrons. The molecule has 1 aliphatic carbocycles. The van der Waals surface area contributed by atoms with Crippen LogP contribution in [-0.2, 0) is 11.3 Å². The molecule has 0 aromatic heterocycles. The van der Waals surface area contributed by atoms with Gasteiger partial charge in [0, 0.05) is 36.6 Å². The van der Waals surface area contributed by atoms with Crippen LogP contribution in [0, 0.1) is 27.3 Å². The van der Waals surface area contributed by atoms with Crippen LogP contribution in [0.4, 0.5) is 10.1 Å². The summed E-state index contributed by atoms with van der Waals surface area (Å²) < 4.78 is 19.8. The maximum Gasteiger partial charge on any atom is 0.276 e. The quantitative estimate of drug-likeness (QED) is 0.634. The molecule has 0 spiro atoms. The van der Waals surface area contributed by atoms with Gasteiger partial charge in [-0.05, 0) is 19.5 Å². The number of halogens is 1. The van der Waals surface area contributed by atoms with Crippen LogP contribution in [0.5, 0.6) is 0 Å². The van der Waals surface area contributed by atoms with Gasteiger partial charge in [-0.1, -0.05) is 19.9 Å². The molecule has 22 heavy (non-hydrogen) atoms. The van der Waals surface area contributed by atoms with Gasteiger partial charge in [0.25, 0.3) is 5.69 Å². The smallest absolute Gasteiger partial charge is 0.276 e. The first-order valence-corrected chi connectivity index (χ1v) is 7.57. The average Bonchev–Trinajstić information content (AvgIpc) is 2.86. The summed E-state index contributed by atoms with van der Waals surface area (Å²) in [5, 5.41) is 11.1. The number of nitrogens with zero attached hydrogens (tertiary/aromatic N) is 2. The van der Waals surface area contributed by atoms with Crippen molar-refractivity contribution in [1.29, 1.82) is 0 Å². The van der Waals surface area contributed by atoms with Crippen molar-refractivity contribution in [3.8, 4) is 0 Å². The molecule has 3 rings (SSSR count). The van der Waals surface area contributed by atoms with Crippen LogP contribution in [0.15, 0.2) is 18.2 Å². The molecule has 1 saturated carbocycles. The van der Waals surface area contributed by atoms with Gasteiger partial charge >= 0.3 is 0 Å². The van der Waals surface area contributed by atoms with Crippen molar-refractivity contribution in [3.05, 3.63) is 39.7 Å².